The zero-order valence-electron chi connectivity index (χ0n) is 17.2. The molecule has 1 amide bonds. The highest BCUT2D eigenvalue weighted by atomic mass is 32.2. The summed E-state index contributed by atoms with van der Waals surface area (Å²) < 4.78 is 27.4. The van der Waals surface area contributed by atoms with Gasteiger partial charge in [0, 0.05) is 18.7 Å². The van der Waals surface area contributed by atoms with E-state index < -0.39 is 21.9 Å². The van der Waals surface area contributed by atoms with Crippen molar-refractivity contribution in [1.82, 2.24) is 4.31 Å². The van der Waals surface area contributed by atoms with Crippen LogP contribution < -0.4 is 5.32 Å². The van der Waals surface area contributed by atoms with Crippen molar-refractivity contribution < 1.29 is 23.1 Å². The average molecular weight is 442 g/mol. The highest BCUT2D eigenvalue weighted by Gasteiger charge is 2.31. The van der Waals surface area contributed by atoms with Crippen molar-refractivity contribution >= 4 is 27.6 Å². The highest BCUT2D eigenvalue weighted by molar-refractivity contribution is 7.89. The number of hydrogen-bond donors (Lipinski definition) is 2. The van der Waals surface area contributed by atoms with Crippen molar-refractivity contribution in [2.45, 2.75) is 25.2 Å². The van der Waals surface area contributed by atoms with Gasteiger partial charge >= 0.3 is 5.97 Å². The Labute approximate surface area is 181 Å². The van der Waals surface area contributed by atoms with Crippen molar-refractivity contribution in [1.29, 1.82) is 5.26 Å². The van der Waals surface area contributed by atoms with Crippen LogP contribution in [0.15, 0.2) is 47.4 Å². The molecule has 0 saturated carbocycles. The fraction of sp³-hybridized carbons (Fsp3) is 0.318. The molecule has 9 heteroatoms. The van der Waals surface area contributed by atoms with Crippen molar-refractivity contribution in [3.63, 3.8) is 0 Å². The van der Waals surface area contributed by atoms with Gasteiger partial charge in [0.25, 0.3) is 5.91 Å². The van der Waals surface area contributed by atoms with E-state index in [1.54, 1.807) is 0 Å². The maximum Gasteiger partial charge on any atom is 0.337 e. The Morgan fingerprint density at radius 1 is 1.10 bits per heavy atom. The number of anilines is 1. The largest absolute Gasteiger partial charge is 0.478 e. The van der Waals surface area contributed by atoms with Crippen LogP contribution in [0.25, 0.3) is 0 Å². The first-order valence-corrected chi connectivity index (χ1v) is 11.2. The third-order valence-corrected chi connectivity index (χ3v) is 7.06. The van der Waals surface area contributed by atoms with Gasteiger partial charge in [-0.3, -0.25) is 4.79 Å². The lowest BCUT2D eigenvalue weighted by Gasteiger charge is -2.34. The summed E-state index contributed by atoms with van der Waals surface area (Å²) in [7, 11) is -3.66. The summed E-state index contributed by atoms with van der Waals surface area (Å²) in [6.07, 6.45) is 0.985. The monoisotopic (exact) mass is 441 g/mol. The number of carboxylic acid groups (broad SMARTS) is 1. The van der Waals surface area contributed by atoms with Gasteiger partial charge in [0.15, 0.2) is 0 Å². The van der Waals surface area contributed by atoms with Gasteiger partial charge < -0.3 is 10.4 Å². The summed E-state index contributed by atoms with van der Waals surface area (Å²) in [6.45, 7) is 4.98. The Balaban J connectivity index is 1.80. The lowest BCUT2D eigenvalue weighted by Crippen LogP contribution is -2.42. The van der Waals surface area contributed by atoms with Crippen LogP contribution in [0, 0.1) is 23.2 Å². The second-order valence-electron chi connectivity index (χ2n) is 7.92. The molecule has 1 heterocycles. The van der Waals surface area contributed by atoms with E-state index in [2.05, 4.69) is 5.32 Å². The predicted octanol–water partition coefficient (Wildman–Crippen LogP) is 3.18. The average Bonchev–Trinajstić information content (AvgIpc) is 2.73. The van der Waals surface area contributed by atoms with Crippen LogP contribution in [-0.4, -0.2) is 42.8 Å². The third kappa shape index (κ3) is 4.93. The molecular formula is C22H23N3O5S. The van der Waals surface area contributed by atoms with Crippen LogP contribution in [0.2, 0.25) is 0 Å². The van der Waals surface area contributed by atoms with Crippen LogP contribution in [0.5, 0.6) is 0 Å². The Bertz CT molecular complexity index is 1140. The number of nitrogens with zero attached hydrogens (tertiary/aromatic N) is 2. The summed E-state index contributed by atoms with van der Waals surface area (Å²) >= 11 is 0. The first-order chi connectivity index (χ1) is 14.6. The Morgan fingerprint density at radius 2 is 1.71 bits per heavy atom. The van der Waals surface area contributed by atoms with Gasteiger partial charge in [-0.05, 0) is 60.7 Å². The first kappa shape index (κ1) is 22.5. The molecule has 31 heavy (non-hydrogen) atoms. The number of nitriles is 1. The molecule has 2 unspecified atom stereocenters. The van der Waals surface area contributed by atoms with E-state index in [0.29, 0.717) is 13.1 Å². The zero-order chi connectivity index (χ0) is 22.8. The molecule has 1 saturated heterocycles. The van der Waals surface area contributed by atoms with Crippen molar-refractivity contribution in [2.75, 3.05) is 18.4 Å². The molecule has 2 aromatic rings. The number of carboxylic acids is 1. The van der Waals surface area contributed by atoms with Crippen LogP contribution in [-0.2, 0) is 10.0 Å². The quantitative estimate of drug-likeness (QED) is 0.733. The number of sulfonamides is 1. The molecule has 0 bridgehead atoms. The lowest BCUT2D eigenvalue weighted by molar-refractivity contribution is 0.0698. The Hall–Kier alpha value is -3.22. The van der Waals surface area contributed by atoms with E-state index >= 15 is 0 Å². The molecule has 0 spiro atoms. The number of carbonyl (C=O) groups is 2. The predicted molar refractivity (Wildman–Crippen MR) is 114 cm³/mol. The van der Waals surface area contributed by atoms with E-state index in [1.807, 2.05) is 19.9 Å². The Kier molecular flexibility index (Phi) is 6.43. The number of carbonyl (C=O) groups excluding carboxylic acids is 1. The highest BCUT2D eigenvalue weighted by Crippen LogP contribution is 2.27. The van der Waals surface area contributed by atoms with Gasteiger partial charge in [-0.1, -0.05) is 13.8 Å². The van der Waals surface area contributed by atoms with Gasteiger partial charge in [-0.2, -0.15) is 9.57 Å². The molecular weight excluding hydrogens is 418 g/mol. The number of aromatic carboxylic acids is 1. The Morgan fingerprint density at radius 3 is 2.26 bits per heavy atom. The minimum absolute atomic E-state index is 0.0458. The minimum Gasteiger partial charge on any atom is -0.478 e. The molecule has 2 aromatic carbocycles. The molecule has 8 nitrogen and oxygen atoms in total. The van der Waals surface area contributed by atoms with Crippen molar-refractivity contribution in [3.05, 3.63) is 59.2 Å². The summed E-state index contributed by atoms with van der Waals surface area (Å²) in [6, 6.07) is 11.3. The van der Waals surface area contributed by atoms with Gasteiger partial charge in [0.1, 0.15) is 0 Å². The van der Waals surface area contributed by atoms with Gasteiger partial charge in [0.2, 0.25) is 10.0 Å². The normalized spacial score (nSPS) is 19.4. The number of amides is 1. The third-order valence-electron chi connectivity index (χ3n) is 5.22. The maximum absolute atomic E-state index is 13.0. The van der Waals surface area contributed by atoms with E-state index in [0.717, 1.165) is 6.42 Å². The molecule has 0 aliphatic carbocycles. The minimum atomic E-state index is -3.66. The molecule has 0 aromatic heterocycles. The second kappa shape index (κ2) is 8.88. The van der Waals surface area contributed by atoms with E-state index in [4.69, 9.17) is 5.26 Å². The number of benzene rings is 2. The van der Waals surface area contributed by atoms with E-state index in [9.17, 15) is 23.1 Å². The number of rotatable bonds is 5. The number of hydrogen-bond acceptors (Lipinski definition) is 5. The number of piperidine rings is 1. The van der Waals surface area contributed by atoms with Crippen molar-refractivity contribution in [2.24, 2.45) is 11.8 Å². The van der Waals surface area contributed by atoms with E-state index in [1.165, 1.54) is 46.8 Å². The molecule has 1 aliphatic heterocycles. The van der Waals surface area contributed by atoms with Gasteiger partial charge in [-0.15, -0.1) is 0 Å². The van der Waals surface area contributed by atoms with Crippen LogP contribution in [0.3, 0.4) is 0 Å². The smallest absolute Gasteiger partial charge is 0.337 e. The van der Waals surface area contributed by atoms with Crippen LogP contribution >= 0.6 is 0 Å². The van der Waals surface area contributed by atoms with Crippen molar-refractivity contribution in [3.8, 4) is 6.07 Å². The molecule has 3 rings (SSSR count). The van der Waals surface area contributed by atoms with E-state index in [-0.39, 0.29) is 39.1 Å². The molecule has 1 aliphatic rings. The topological polar surface area (TPSA) is 128 Å². The molecule has 0 radical (unpaired) electrons. The standard InChI is InChI=1S/C22H23N3O5S/c1-14-9-15(2)13-25(12-14)31(29,30)18-6-4-17(5-7-18)21(26)24-20-8-3-16(11-23)10-19(20)22(27)28/h3-8,10,14-15H,9,12-13H2,1-2H3,(H,24,26)(H,27,28). The molecule has 1 fully saturated rings. The summed E-state index contributed by atoms with van der Waals surface area (Å²) in [5.41, 5.74) is 0.177. The SMILES string of the molecule is CC1CC(C)CN(S(=O)(=O)c2ccc(C(=O)Nc3ccc(C#N)cc3C(=O)O)cc2)C1. The fourth-order valence-electron chi connectivity index (χ4n) is 3.82. The van der Waals surface area contributed by atoms with Crippen LogP contribution in [0.4, 0.5) is 5.69 Å². The summed E-state index contributed by atoms with van der Waals surface area (Å²) in [4.78, 5) is 24.1. The molecule has 2 N–H and O–H groups in total. The van der Waals surface area contributed by atoms with Gasteiger partial charge in [0.05, 0.1) is 27.8 Å². The second-order valence-corrected chi connectivity index (χ2v) is 9.86. The first-order valence-electron chi connectivity index (χ1n) is 9.81. The summed E-state index contributed by atoms with van der Waals surface area (Å²) in [5.74, 6) is -1.31. The zero-order valence-corrected chi connectivity index (χ0v) is 18.0. The fourth-order valence-corrected chi connectivity index (χ4v) is 5.50. The maximum atomic E-state index is 13.0. The molecule has 162 valence electrons. The summed E-state index contributed by atoms with van der Waals surface area (Å²) in [5, 5.41) is 20.8. The lowest BCUT2D eigenvalue weighted by atomic mass is 9.94. The van der Waals surface area contributed by atoms with Gasteiger partial charge in [-0.25, -0.2) is 13.2 Å². The van der Waals surface area contributed by atoms with Crippen LogP contribution in [0.1, 0.15) is 46.5 Å². The number of nitrogens with one attached hydrogen (secondary N) is 1. The molecule has 2 atom stereocenters.